The van der Waals surface area contributed by atoms with Crippen LogP contribution >= 0.6 is 24.0 Å². The zero-order chi connectivity index (χ0) is 19.8. The molecule has 0 radical (unpaired) electrons. The van der Waals surface area contributed by atoms with Crippen molar-refractivity contribution in [3.8, 4) is 0 Å². The van der Waals surface area contributed by atoms with Crippen molar-refractivity contribution in [2.75, 3.05) is 32.0 Å². The van der Waals surface area contributed by atoms with Crippen LogP contribution in [0, 0.1) is 0 Å². The van der Waals surface area contributed by atoms with Crippen molar-refractivity contribution in [2.45, 2.75) is 12.3 Å². The van der Waals surface area contributed by atoms with Crippen LogP contribution in [0.1, 0.15) is 28.3 Å². The largest absolute Gasteiger partial charge is 0.356 e. The molecule has 1 aliphatic rings. The number of benzene rings is 2. The Morgan fingerprint density at radius 3 is 2.48 bits per heavy atom. The average molecular weight is 507 g/mol. The quantitative estimate of drug-likeness (QED) is 0.209. The van der Waals surface area contributed by atoms with Crippen LogP contribution in [0.15, 0.2) is 59.6 Å². The van der Waals surface area contributed by atoms with Crippen molar-refractivity contribution in [3.63, 3.8) is 0 Å². The molecule has 1 heterocycles. The smallest absolute Gasteiger partial charge is 0.251 e. The van der Waals surface area contributed by atoms with Crippen LogP contribution in [0.2, 0.25) is 0 Å². The number of amides is 2. The summed E-state index contributed by atoms with van der Waals surface area (Å²) < 4.78 is 0. The number of carbonyl (C=O) groups is 2. The van der Waals surface area contributed by atoms with Gasteiger partial charge in [0.1, 0.15) is 0 Å². The average Bonchev–Trinajstić information content (AvgIpc) is 2.73. The van der Waals surface area contributed by atoms with Crippen molar-refractivity contribution in [1.82, 2.24) is 16.0 Å². The van der Waals surface area contributed by atoms with Crippen LogP contribution in [0.5, 0.6) is 0 Å². The van der Waals surface area contributed by atoms with Crippen molar-refractivity contribution in [2.24, 2.45) is 4.99 Å². The van der Waals surface area contributed by atoms with Gasteiger partial charge < -0.3 is 21.3 Å². The second kappa shape index (κ2) is 11.4. The third-order valence-corrected chi connectivity index (χ3v) is 4.58. The van der Waals surface area contributed by atoms with Crippen LogP contribution in [0.4, 0.5) is 5.69 Å². The zero-order valence-electron chi connectivity index (χ0n) is 16.3. The second-order valence-corrected chi connectivity index (χ2v) is 6.54. The molecule has 4 N–H and O–H groups in total. The molecule has 1 unspecified atom stereocenters. The van der Waals surface area contributed by atoms with E-state index in [1.54, 1.807) is 19.2 Å². The Kier molecular flexibility index (Phi) is 8.91. The molecule has 154 valence electrons. The molecule has 2 aromatic rings. The van der Waals surface area contributed by atoms with E-state index in [4.69, 9.17) is 0 Å². The molecule has 1 aliphatic heterocycles. The molecule has 0 bridgehead atoms. The number of hydrogen-bond acceptors (Lipinski definition) is 3. The van der Waals surface area contributed by atoms with Gasteiger partial charge in [-0.05, 0) is 23.8 Å². The summed E-state index contributed by atoms with van der Waals surface area (Å²) in [5, 5.41) is 12.2. The highest BCUT2D eigenvalue weighted by Gasteiger charge is 2.24. The van der Waals surface area contributed by atoms with Gasteiger partial charge in [-0.2, -0.15) is 0 Å². The Labute approximate surface area is 187 Å². The van der Waals surface area contributed by atoms with Crippen LogP contribution in [-0.4, -0.2) is 44.5 Å². The van der Waals surface area contributed by atoms with E-state index in [0.717, 1.165) is 11.3 Å². The third kappa shape index (κ3) is 6.45. The highest BCUT2D eigenvalue weighted by Crippen LogP contribution is 2.31. The fourth-order valence-corrected chi connectivity index (χ4v) is 3.17. The van der Waals surface area contributed by atoms with E-state index < -0.39 is 0 Å². The van der Waals surface area contributed by atoms with E-state index >= 15 is 0 Å². The first kappa shape index (κ1) is 22.7. The predicted molar refractivity (Wildman–Crippen MR) is 126 cm³/mol. The van der Waals surface area contributed by atoms with Crippen molar-refractivity contribution >= 4 is 47.4 Å². The Morgan fingerprint density at radius 2 is 1.72 bits per heavy atom. The molecule has 2 amide bonds. The van der Waals surface area contributed by atoms with Gasteiger partial charge in [0.2, 0.25) is 5.91 Å². The summed E-state index contributed by atoms with van der Waals surface area (Å²) in [4.78, 5) is 28.1. The lowest BCUT2D eigenvalue weighted by molar-refractivity contribution is -0.116. The SMILES string of the molecule is CN=C(NCCNC(=O)c1ccccc1)NCC1CC(=O)Nc2ccccc21.I. The van der Waals surface area contributed by atoms with Crippen LogP contribution in [-0.2, 0) is 4.79 Å². The summed E-state index contributed by atoms with van der Waals surface area (Å²) in [5.74, 6) is 0.644. The zero-order valence-corrected chi connectivity index (χ0v) is 18.6. The summed E-state index contributed by atoms with van der Waals surface area (Å²) in [7, 11) is 1.69. The minimum atomic E-state index is -0.102. The van der Waals surface area contributed by atoms with Gasteiger partial charge in [-0.1, -0.05) is 36.4 Å². The van der Waals surface area contributed by atoms with Gasteiger partial charge in [0.15, 0.2) is 5.96 Å². The minimum absolute atomic E-state index is 0. The number of nitrogens with one attached hydrogen (secondary N) is 4. The van der Waals surface area contributed by atoms with E-state index in [-0.39, 0.29) is 41.7 Å². The van der Waals surface area contributed by atoms with Crippen LogP contribution in [0.25, 0.3) is 0 Å². The number of halogens is 1. The van der Waals surface area contributed by atoms with Gasteiger partial charge in [0, 0.05) is 50.3 Å². The van der Waals surface area contributed by atoms with Gasteiger partial charge in [0.25, 0.3) is 5.91 Å². The molecule has 0 fully saturated rings. The third-order valence-electron chi connectivity index (χ3n) is 4.58. The highest BCUT2D eigenvalue weighted by atomic mass is 127. The molecular weight excluding hydrogens is 481 g/mol. The number of rotatable bonds is 6. The Hall–Kier alpha value is -2.62. The number of para-hydroxylation sites is 1. The van der Waals surface area contributed by atoms with Gasteiger partial charge in [-0.15, -0.1) is 24.0 Å². The standard InChI is InChI=1S/C21H25N5O2.HI/c1-22-21(24-12-11-23-20(28)15-7-3-2-4-8-15)25-14-16-13-19(27)26-18-10-6-5-9-17(16)18;/h2-10,16H,11-14H2,1H3,(H,23,28)(H,26,27)(H2,22,24,25);1H. The molecule has 0 aliphatic carbocycles. The summed E-state index contributed by atoms with van der Waals surface area (Å²) in [6.07, 6.45) is 0.439. The Morgan fingerprint density at radius 1 is 1.03 bits per heavy atom. The van der Waals surface area contributed by atoms with Crippen LogP contribution in [0.3, 0.4) is 0 Å². The van der Waals surface area contributed by atoms with Gasteiger partial charge >= 0.3 is 0 Å². The normalized spacial score (nSPS) is 15.4. The van der Waals surface area contributed by atoms with Gasteiger partial charge in [-0.25, -0.2) is 0 Å². The Bertz CT molecular complexity index is 857. The maximum atomic E-state index is 12.0. The first-order valence-corrected chi connectivity index (χ1v) is 9.34. The first-order valence-electron chi connectivity index (χ1n) is 9.34. The summed E-state index contributed by atoms with van der Waals surface area (Å²) >= 11 is 0. The molecule has 3 rings (SSSR count). The lowest BCUT2D eigenvalue weighted by Gasteiger charge is -2.26. The van der Waals surface area contributed by atoms with E-state index in [0.29, 0.717) is 37.6 Å². The monoisotopic (exact) mass is 507 g/mol. The second-order valence-electron chi connectivity index (χ2n) is 6.54. The van der Waals surface area contributed by atoms with E-state index in [9.17, 15) is 9.59 Å². The maximum Gasteiger partial charge on any atom is 0.251 e. The fraction of sp³-hybridized carbons (Fsp3) is 0.286. The van der Waals surface area contributed by atoms with Gasteiger partial charge in [0.05, 0.1) is 0 Å². The lowest BCUT2D eigenvalue weighted by Crippen LogP contribution is -2.43. The number of aliphatic imine (C=N–C) groups is 1. The molecule has 8 heteroatoms. The number of nitrogens with zero attached hydrogens (tertiary/aromatic N) is 1. The molecule has 1 atom stereocenters. The van der Waals surface area contributed by atoms with Gasteiger partial charge in [-0.3, -0.25) is 14.6 Å². The van der Waals surface area contributed by atoms with E-state index in [1.807, 2.05) is 42.5 Å². The maximum absolute atomic E-state index is 12.0. The summed E-state index contributed by atoms with van der Waals surface area (Å²) in [5.41, 5.74) is 2.64. The molecule has 29 heavy (non-hydrogen) atoms. The van der Waals surface area contributed by atoms with Crippen molar-refractivity contribution in [3.05, 3.63) is 65.7 Å². The number of anilines is 1. The first-order chi connectivity index (χ1) is 13.7. The Balaban J connectivity index is 0.00000300. The summed E-state index contributed by atoms with van der Waals surface area (Å²) in [6, 6.07) is 17.0. The molecule has 7 nitrogen and oxygen atoms in total. The van der Waals surface area contributed by atoms with E-state index in [2.05, 4.69) is 26.3 Å². The molecule has 2 aromatic carbocycles. The van der Waals surface area contributed by atoms with E-state index in [1.165, 1.54) is 0 Å². The minimum Gasteiger partial charge on any atom is -0.356 e. The van der Waals surface area contributed by atoms with Crippen molar-refractivity contribution in [1.29, 1.82) is 0 Å². The summed E-state index contributed by atoms with van der Waals surface area (Å²) in [6.45, 7) is 1.61. The molecule has 0 saturated heterocycles. The molecule has 0 spiro atoms. The topological polar surface area (TPSA) is 94.6 Å². The molecule has 0 saturated carbocycles. The molecule has 0 aromatic heterocycles. The number of fused-ring (bicyclic) bond motifs is 1. The number of carbonyl (C=O) groups excluding carboxylic acids is 2. The highest BCUT2D eigenvalue weighted by molar-refractivity contribution is 14.0. The number of hydrogen-bond donors (Lipinski definition) is 4. The fourth-order valence-electron chi connectivity index (χ4n) is 3.17. The predicted octanol–water partition coefficient (Wildman–Crippen LogP) is 2.33. The lowest BCUT2D eigenvalue weighted by atomic mass is 9.90. The van der Waals surface area contributed by atoms with Crippen LogP contribution < -0.4 is 21.3 Å². The molecular formula is C21H26IN5O2. The number of guanidine groups is 1. The van der Waals surface area contributed by atoms with Crippen molar-refractivity contribution < 1.29 is 9.59 Å².